The molecular weight excluding hydrogens is 280 g/mol. The highest BCUT2D eigenvalue weighted by molar-refractivity contribution is 7.14. The molecule has 0 aliphatic carbocycles. The Kier molecular flexibility index (Phi) is 3.29. The second kappa shape index (κ2) is 5.10. The van der Waals surface area contributed by atoms with Crippen LogP contribution in [0.15, 0.2) is 23.6 Å². The Hall–Kier alpha value is -2.12. The molecule has 0 spiro atoms. The minimum atomic E-state index is -0.651. The average molecular weight is 292 g/mol. The molecule has 1 aromatic carbocycles. The van der Waals surface area contributed by atoms with E-state index < -0.39 is 6.10 Å². The number of aliphatic hydroxyl groups is 1. The standard InChI is InChI=1S/C13H12N2O4S/c1-7(16)9-5-20-13(14-9)15-12(17)8-2-3-10-11(4-8)19-6-18-10/h2-5,7,16H,6H2,1H3,(H,14,15,17). The van der Waals surface area contributed by atoms with Gasteiger partial charge in [-0.2, -0.15) is 0 Å². The number of thiazole rings is 1. The van der Waals surface area contributed by atoms with Crippen LogP contribution in [0.3, 0.4) is 0 Å². The van der Waals surface area contributed by atoms with Gasteiger partial charge in [-0.3, -0.25) is 10.1 Å². The second-order valence-corrected chi connectivity index (χ2v) is 5.13. The maximum Gasteiger partial charge on any atom is 0.257 e. The van der Waals surface area contributed by atoms with Crippen LogP contribution in [0.25, 0.3) is 0 Å². The van der Waals surface area contributed by atoms with Crippen molar-refractivity contribution in [2.75, 3.05) is 12.1 Å². The number of aliphatic hydroxyl groups excluding tert-OH is 1. The first-order chi connectivity index (χ1) is 9.63. The van der Waals surface area contributed by atoms with E-state index in [4.69, 9.17) is 9.47 Å². The lowest BCUT2D eigenvalue weighted by molar-refractivity contribution is 0.102. The molecule has 1 aliphatic rings. The highest BCUT2D eigenvalue weighted by Crippen LogP contribution is 2.32. The van der Waals surface area contributed by atoms with Gasteiger partial charge < -0.3 is 14.6 Å². The lowest BCUT2D eigenvalue weighted by atomic mass is 10.2. The quantitative estimate of drug-likeness (QED) is 0.906. The zero-order chi connectivity index (χ0) is 14.1. The van der Waals surface area contributed by atoms with E-state index in [1.54, 1.807) is 30.5 Å². The summed E-state index contributed by atoms with van der Waals surface area (Å²) in [5.74, 6) is 0.906. The van der Waals surface area contributed by atoms with Crippen molar-refractivity contribution in [1.82, 2.24) is 4.98 Å². The number of hydrogen-bond acceptors (Lipinski definition) is 6. The van der Waals surface area contributed by atoms with Crippen LogP contribution < -0.4 is 14.8 Å². The lowest BCUT2D eigenvalue weighted by Crippen LogP contribution is -2.11. The van der Waals surface area contributed by atoms with Crippen LogP contribution >= 0.6 is 11.3 Å². The number of carbonyl (C=O) groups excluding carboxylic acids is 1. The summed E-state index contributed by atoms with van der Waals surface area (Å²) in [6.07, 6.45) is -0.651. The van der Waals surface area contributed by atoms with Crippen LogP contribution in [0.4, 0.5) is 5.13 Å². The van der Waals surface area contributed by atoms with E-state index in [2.05, 4.69) is 10.3 Å². The Labute approximate surface area is 119 Å². The Bertz CT molecular complexity index is 654. The van der Waals surface area contributed by atoms with Gasteiger partial charge in [0.2, 0.25) is 6.79 Å². The van der Waals surface area contributed by atoms with Crippen molar-refractivity contribution in [3.05, 3.63) is 34.8 Å². The molecule has 1 atom stereocenters. The van der Waals surface area contributed by atoms with Gasteiger partial charge in [-0.15, -0.1) is 11.3 Å². The number of hydrogen-bond donors (Lipinski definition) is 2. The largest absolute Gasteiger partial charge is 0.454 e. The van der Waals surface area contributed by atoms with Gasteiger partial charge in [0.05, 0.1) is 11.8 Å². The van der Waals surface area contributed by atoms with Crippen molar-refractivity contribution in [1.29, 1.82) is 0 Å². The van der Waals surface area contributed by atoms with Gasteiger partial charge in [-0.25, -0.2) is 4.98 Å². The molecule has 0 saturated carbocycles. The number of anilines is 1. The summed E-state index contributed by atoms with van der Waals surface area (Å²) in [6.45, 7) is 1.79. The monoisotopic (exact) mass is 292 g/mol. The highest BCUT2D eigenvalue weighted by Gasteiger charge is 2.17. The van der Waals surface area contributed by atoms with E-state index in [1.165, 1.54) is 11.3 Å². The van der Waals surface area contributed by atoms with Crippen molar-refractivity contribution < 1.29 is 19.4 Å². The molecule has 1 aliphatic heterocycles. The smallest absolute Gasteiger partial charge is 0.257 e. The van der Waals surface area contributed by atoms with Crippen LogP contribution in [-0.2, 0) is 0 Å². The Morgan fingerprint density at radius 1 is 1.45 bits per heavy atom. The maximum absolute atomic E-state index is 12.1. The zero-order valence-corrected chi connectivity index (χ0v) is 11.4. The summed E-state index contributed by atoms with van der Waals surface area (Å²) in [6, 6.07) is 4.98. The van der Waals surface area contributed by atoms with Gasteiger partial charge in [0.15, 0.2) is 16.6 Å². The lowest BCUT2D eigenvalue weighted by Gasteiger charge is -2.03. The van der Waals surface area contributed by atoms with E-state index >= 15 is 0 Å². The van der Waals surface area contributed by atoms with Gasteiger partial charge in [0, 0.05) is 10.9 Å². The summed E-state index contributed by atoms with van der Waals surface area (Å²) in [7, 11) is 0. The third-order valence-electron chi connectivity index (χ3n) is 2.81. The molecule has 1 aromatic heterocycles. The first-order valence-electron chi connectivity index (χ1n) is 5.98. The molecule has 1 unspecified atom stereocenters. The van der Waals surface area contributed by atoms with E-state index in [-0.39, 0.29) is 12.7 Å². The molecular formula is C13H12N2O4S. The third-order valence-corrected chi connectivity index (χ3v) is 3.58. The predicted octanol–water partition coefficient (Wildman–Crippen LogP) is 2.18. The normalized spacial score (nSPS) is 14.1. The van der Waals surface area contributed by atoms with Gasteiger partial charge in [0.25, 0.3) is 5.91 Å². The maximum atomic E-state index is 12.1. The number of carbonyl (C=O) groups is 1. The van der Waals surface area contributed by atoms with E-state index in [0.29, 0.717) is 27.9 Å². The Morgan fingerprint density at radius 2 is 2.25 bits per heavy atom. The van der Waals surface area contributed by atoms with Gasteiger partial charge in [-0.1, -0.05) is 0 Å². The molecule has 0 fully saturated rings. The molecule has 0 bridgehead atoms. The molecule has 0 saturated heterocycles. The molecule has 2 heterocycles. The number of ether oxygens (including phenoxy) is 2. The molecule has 3 rings (SSSR count). The summed E-state index contributed by atoms with van der Waals surface area (Å²) >= 11 is 1.27. The first-order valence-corrected chi connectivity index (χ1v) is 6.86. The minimum absolute atomic E-state index is 0.171. The van der Waals surface area contributed by atoms with E-state index in [1.807, 2.05) is 0 Å². The van der Waals surface area contributed by atoms with E-state index in [9.17, 15) is 9.90 Å². The molecule has 20 heavy (non-hydrogen) atoms. The van der Waals surface area contributed by atoms with Crippen molar-refractivity contribution in [3.63, 3.8) is 0 Å². The Balaban J connectivity index is 1.75. The summed E-state index contributed by atoms with van der Waals surface area (Å²) in [5.41, 5.74) is 0.999. The Morgan fingerprint density at radius 3 is 3.00 bits per heavy atom. The van der Waals surface area contributed by atoms with Crippen LogP contribution in [0.5, 0.6) is 11.5 Å². The summed E-state index contributed by atoms with van der Waals surface area (Å²) in [4.78, 5) is 16.2. The van der Waals surface area contributed by atoms with Crippen LogP contribution in [-0.4, -0.2) is 22.8 Å². The van der Waals surface area contributed by atoms with Crippen LogP contribution in [0, 0.1) is 0 Å². The van der Waals surface area contributed by atoms with Crippen LogP contribution in [0.2, 0.25) is 0 Å². The number of amides is 1. The molecule has 7 heteroatoms. The fraction of sp³-hybridized carbons (Fsp3) is 0.231. The molecule has 0 radical (unpaired) electrons. The molecule has 2 aromatic rings. The average Bonchev–Trinajstić information content (AvgIpc) is 3.05. The summed E-state index contributed by atoms with van der Waals surface area (Å²) < 4.78 is 10.4. The van der Waals surface area contributed by atoms with Crippen molar-refractivity contribution in [2.45, 2.75) is 13.0 Å². The predicted molar refractivity (Wildman–Crippen MR) is 73.3 cm³/mol. The van der Waals surface area contributed by atoms with Gasteiger partial charge >= 0.3 is 0 Å². The molecule has 6 nitrogen and oxygen atoms in total. The highest BCUT2D eigenvalue weighted by atomic mass is 32.1. The van der Waals surface area contributed by atoms with Crippen molar-refractivity contribution >= 4 is 22.4 Å². The minimum Gasteiger partial charge on any atom is -0.454 e. The topological polar surface area (TPSA) is 80.7 Å². The number of rotatable bonds is 3. The summed E-state index contributed by atoms with van der Waals surface area (Å²) in [5, 5.41) is 14.2. The zero-order valence-electron chi connectivity index (χ0n) is 10.6. The van der Waals surface area contributed by atoms with Crippen molar-refractivity contribution in [3.8, 4) is 11.5 Å². The van der Waals surface area contributed by atoms with Gasteiger partial charge in [0.1, 0.15) is 0 Å². The number of fused-ring (bicyclic) bond motifs is 1. The number of aromatic nitrogens is 1. The fourth-order valence-corrected chi connectivity index (χ4v) is 2.53. The number of benzene rings is 1. The number of nitrogens with zero attached hydrogens (tertiary/aromatic N) is 1. The SMILES string of the molecule is CC(O)c1csc(NC(=O)c2ccc3c(c2)OCO3)n1. The van der Waals surface area contributed by atoms with Crippen molar-refractivity contribution in [2.24, 2.45) is 0 Å². The fourth-order valence-electron chi connectivity index (χ4n) is 1.74. The number of nitrogens with one attached hydrogen (secondary N) is 1. The van der Waals surface area contributed by atoms with Crippen LogP contribution in [0.1, 0.15) is 29.1 Å². The van der Waals surface area contributed by atoms with Gasteiger partial charge in [-0.05, 0) is 25.1 Å². The molecule has 1 amide bonds. The third kappa shape index (κ3) is 2.45. The molecule has 104 valence electrons. The first kappa shape index (κ1) is 12.9. The second-order valence-electron chi connectivity index (χ2n) is 4.28. The van der Waals surface area contributed by atoms with E-state index in [0.717, 1.165) is 0 Å². The molecule has 2 N–H and O–H groups in total.